The van der Waals surface area contributed by atoms with E-state index in [9.17, 15) is 9.59 Å². The van der Waals surface area contributed by atoms with E-state index in [0.717, 1.165) is 0 Å². The maximum absolute atomic E-state index is 12.3. The van der Waals surface area contributed by atoms with Crippen LogP contribution in [-0.2, 0) is 0 Å². The molecule has 0 bridgehead atoms. The second-order valence-electron chi connectivity index (χ2n) is 5.19. The average molecular weight is 352 g/mol. The van der Waals surface area contributed by atoms with Gasteiger partial charge in [0.05, 0.1) is 0 Å². The zero-order chi connectivity index (χ0) is 17.6. The molecule has 5 nitrogen and oxygen atoms in total. The highest BCUT2D eigenvalue weighted by molar-refractivity contribution is 6.30. The summed E-state index contributed by atoms with van der Waals surface area (Å²) in [4.78, 5) is 28.7. The molecule has 6 heteroatoms. The maximum Gasteiger partial charge on any atom is 0.274 e. The molecule has 0 saturated carbocycles. The number of pyridine rings is 1. The second kappa shape index (κ2) is 7.59. The Balaban J connectivity index is 1.73. The summed E-state index contributed by atoms with van der Waals surface area (Å²) in [6, 6.07) is 20.5. The molecule has 0 fully saturated rings. The first-order valence-electron chi connectivity index (χ1n) is 7.52. The van der Waals surface area contributed by atoms with Crippen LogP contribution >= 0.6 is 11.6 Å². The molecule has 2 N–H and O–H groups in total. The van der Waals surface area contributed by atoms with E-state index < -0.39 is 5.91 Å². The Morgan fingerprint density at radius 1 is 0.680 bits per heavy atom. The van der Waals surface area contributed by atoms with Crippen LogP contribution in [0.5, 0.6) is 0 Å². The highest BCUT2D eigenvalue weighted by Gasteiger charge is 2.13. The van der Waals surface area contributed by atoms with Crippen molar-refractivity contribution in [1.29, 1.82) is 0 Å². The van der Waals surface area contributed by atoms with E-state index in [1.165, 1.54) is 0 Å². The summed E-state index contributed by atoms with van der Waals surface area (Å²) in [7, 11) is 0. The minimum absolute atomic E-state index is 0.149. The van der Waals surface area contributed by atoms with Gasteiger partial charge in [-0.2, -0.15) is 0 Å². The fourth-order valence-electron chi connectivity index (χ4n) is 2.13. The molecule has 0 saturated heterocycles. The molecule has 0 atom stereocenters. The number of amides is 2. The van der Waals surface area contributed by atoms with Crippen molar-refractivity contribution in [1.82, 2.24) is 4.98 Å². The largest absolute Gasteiger partial charge is 0.321 e. The van der Waals surface area contributed by atoms with E-state index in [0.29, 0.717) is 16.4 Å². The van der Waals surface area contributed by atoms with Gasteiger partial charge in [0.25, 0.3) is 11.8 Å². The molecule has 0 aliphatic heterocycles. The van der Waals surface area contributed by atoms with Gasteiger partial charge in [0.15, 0.2) is 0 Å². The van der Waals surface area contributed by atoms with E-state index in [2.05, 4.69) is 15.6 Å². The molecule has 0 aliphatic carbocycles. The van der Waals surface area contributed by atoms with Gasteiger partial charge >= 0.3 is 0 Å². The smallest absolute Gasteiger partial charge is 0.274 e. The normalized spacial score (nSPS) is 10.1. The molecule has 0 aliphatic rings. The van der Waals surface area contributed by atoms with Crippen LogP contribution in [0.25, 0.3) is 0 Å². The Kier molecular flexibility index (Phi) is 5.06. The highest BCUT2D eigenvalue weighted by Crippen LogP contribution is 2.14. The number of para-hydroxylation sites is 1. The Morgan fingerprint density at radius 2 is 1.20 bits per heavy atom. The minimum atomic E-state index is -0.406. The fourth-order valence-corrected chi connectivity index (χ4v) is 2.26. The molecule has 0 unspecified atom stereocenters. The number of halogens is 1. The lowest BCUT2D eigenvalue weighted by Gasteiger charge is -2.07. The number of nitrogens with zero attached hydrogens (tertiary/aromatic N) is 1. The van der Waals surface area contributed by atoms with E-state index in [1.54, 1.807) is 54.6 Å². The Hall–Kier alpha value is -3.18. The lowest BCUT2D eigenvalue weighted by atomic mass is 10.2. The van der Waals surface area contributed by atoms with Crippen LogP contribution in [0.15, 0.2) is 72.8 Å². The number of carbonyl (C=O) groups is 2. The van der Waals surface area contributed by atoms with Gasteiger partial charge in [-0.15, -0.1) is 0 Å². The molecule has 3 aromatic rings. The van der Waals surface area contributed by atoms with E-state index in [1.807, 2.05) is 18.2 Å². The molecule has 0 spiro atoms. The van der Waals surface area contributed by atoms with Gasteiger partial charge in [-0.1, -0.05) is 35.9 Å². The number of anilines is 2. The predicted molar refractivity (Wildman–Crippen MR) is 98.0 cm³/mol. The second-order valence-corrected chi connectivity index (χ2v) is 5.63. The van der Waals surface area contributed by atoms with Crippen LogP contribution in [0, 0.1) is 0 Å². The van der Waals surface area contributed by atoms with Crippen molar-refractivity contribution >= 4 is 34.8 Å². The van der Waals surface area contributed by atoms with Gasteiger partial charge < -0.3 is 10.6 Å². The number of rotatable bonds is 4. The lowest BCUT2D eigenvalue weighted by Crippen LogP contribution is -2.18. The van der Waals surface area contributed by atoms with Crippen molar-refractivity contribution in [3.05, 3.63) is 89.2 Å². The molecule has 1 heterocycles. The first-order chi connectivity index (χ1) is 12.1. The Bertz CT molecular complexity index is 896. The zero-order valence-electron chi connectivity index (χ0n) is 13.1. The maximum atomic E-state index is 12.3. The number of carbonyl (C=O) groups excluding carboxylic acids is 2. The van der Waals surface area contributed by atoms with Crippen molar-refractivity contribution in [2.75, 3.05) is 10.6 Å². The molecule has 0 radical (unpaired) electrons. The fraction of sp³-hybridized carbons (Fsp3) is 0. The van der Waals surface area contributed by atoms with Gasteiger partial charge in [0.2, 0.25) is 0 Å². The van der Waals surface area contributed by atoms with E-state index in [4.69, 9.17) is 11.6 Å². The van der Waals surface area contributed by atoms with Crippen molar-refractivity contribution in [3.8, 4) is 0 Å². The molecule has 124 valence electrons. The van der Waals surface area contributed by atoms with Gasteiger partial charge in [-0.3, -0.25) is 9.59 Å². The van der Waals surface area contributed by atoms with E-state index >= 15 is 0 Å². The van der Waals surface area contributed by atoms with Gasteiger partial charge in [0, 0.05) is 16.4 Å². The average Bonchev–Trinajstić information content (AvgIpc) is 2.64. The minimum Gasteiger partial charge on any atom is -0.321 e. The number of hydrogen-bond donors (Lipinski definition) is 2. The van der Waals surface area contributed by atoms with Crippen LogP contribution in [0.4, 0.5) is 11.4 Å². The molecule has 3 rings (SSSR count). The standard InChI is InChI=1S/C19H14ClN3O2/c20-13-9-11-15(12-10-13)22-19(25)17-8-4-7-16(23-17)18(24)21-14-5-2-1-3-6-14/h1-12H,(H,21,24)(H,22,25). The summed E-state index contributed by atoms with van der Waals surface area (Å²) in [6.45, 7) is 0. The molecule has 2 aromatic carbocycles. The van der Waals surface area contributed by atoms with Gasteiger partial charge in [-0.05, 0) is 48.5 Å². The zero-order valence-corrected chi connectivity index (χ0v) is 13.8. The van der Waals surface area contributed by atoms with Crippen LogP contribution in [0.3, 0.4) is 0 Å². The third-order valence-electron chi connectivity index (χ3n) is 3.35. The third kappa shape index (κ3) is 4.43. The molecule has 1 aromatic heterocycles. The lowest BCUT2D eigenvalue weighted by molar-refractivity contribution is 0.101. The summed E-state index contributed by atoms with van der Waals surface area (Å²) in [5, 5.41) is 6.02. The number of hydrogen-bond acceptors (Lipinski definition) is 3. The number of aromatic nitrogens is 1. The van der Waals surface area contributed by atoms with Crippen molar-refractivity contribution in [3.63, 3.8) is 0 Å². The number of nitrogens with one attached hydrogen (secondary N) is 2. The summed E-state index contributed by atoms with van der Waals surface area (Å²) < 4.78 is 0. The van der Waals surface area contributed by atoms with Crippen molar-refractivity contribution < 1.29 is 9.59 Å². The van der Waals surface area contributed by atoms with Crippen LogP contribution in [-0.4, -0.2) is 16.8 Å². The number of benzene rings is 2. The molecule has 25 heavy (non-hydrogen) atoms. The topological polar surface area (TPSA) is 71.1 Å². The van der Waals surface area contributed by atoms with Crippen molar-refractivity contribution in [2.24, 2.45) is 0 Å². The van der Waals surface area contributed by atoms with Crippen LogP contribution in [0.2, 0.25) is 5.02 Å². The van der Waals surface area contributed by atoms with E-state index in [-0.39, 0.29) is 17.3 Å². The van der Waals surface area contributed by atoms with Crippen molar-refractivity contribution in [2.45, 2.75) is 0 Å². The quantitative estimate of drug-likeness (QED) is 0.738. The summed E-state index contributed by atoms with van der Waals surface area (Å²) in [5.74, 6) is -0.788. The Labute approximate surface area is 149 Å². The van der Waals surface area contributed by atoms with Crippen LogP contribution in [0.1, 0.15) is 21.0 Å². The first kappa shape index (κ1) is 16.7. The first-order valence-corrected chi connectivity index (χ1v) is 7.90. The molecule has 2 amide bonds. The van der Waals surface area contributed by atoms with Gasteiger partial charge in [0.1, 0.15) is 11.4 Å². The predicted octanol–water partition coefficient (Wildman–Crippen LogP) is 4.24. The summed E-state index contributed by atoms with van der Waals surface area (Å²) in [6.07, 6.45) is 0. The monoisotopic (exact) mass is 351 g/mol. The SMILES string of the molecule is O=C(Nc1ccccc1)c1cccc(C(=O)Nc2ccc(Cl)cc2)n1. The molecular weight excluding hydrogens is 338 g/mol. The summed E-state index contributed by atoms with van der Waals surface area (Å²) in [5.41, 5.74) is 1.56. The third-order valence-corrected chi connectivity index (χ3v) is 3.60. The molecular formula is C19H14ClN3O2. The summed E-state index contributed by atoms with van der Waals surface area (Å²) >= 11 is 5.82. The highest BCUT2D eigenvalue weighted by atomic mass is 35.5. The Morgan fingerprint density at radius 3 is 1.76 bits per heavy atom. The van der Waals surface area contributed by atoms with Crippen LogP contribution < -0.4 is 10.6 Å². The van der Waals surface area contributed by atoms with Gasteiger partial charge in [-0.25, -0.2) is 4.98 Å².